The average molecular weight is 488 g/mol. The van der Waals surface area contributed by atoms with Crippen LogP contribution in [0.2, 0.25) is 0 Å². The molecular formula is C21H37N5O6S. The number of sulfone groups is 1. The number of likely N-dealkylation sites (tertiary alicyclic amines) is 1. The highest BCUT2D eigenvalue weighted by atomic mass is 32.2. The minimum atomic E-state index is -2.97. The molecule has 0 aromatic carbocycles. The monoisotopic (exact) mass is 487 g/mol. The van der Waals surface area contributed by atoms with E-state index in [4.69, 9.17) is 14.2 Å². The van der Waals surface area contributed by atoms with E-state index in [0.29, 0.717) is 77.9 Å². The van der Waals surface area contributed by atoms with E-state index in [2.05, 4.69) is 34.0 Å². The largest absolute Gasteiger partial charge is 0.377 e. The van der Waals surface area contributed by atoms with Gasteiger partial charge in [0.25, 0.3) is 0 Å². The van der Waals surface area contributed by atoms with Crippen molar-refractivity contribution in [3.8, 4) is 0 Å². The third-order valence-corrected chi connectivity index (χ3v) is 6.78. The lowest BCUT2D eigenvalue weighted by molar-refractivity contribution is -0.117. The molecule has 0 bridgehead atoms. The summed E-state index contributed by atoms with van der Waals surface area (Å²) in [7, 11) is -2.97. The van der Waals surface area contributed by atoms with Crippen LogP contribution in [-0.4, -0.2) is 105 Å². The second-order valence-electron chi connectivity index (χ2n) is 8.08. The summed E-state index contributed by atoms with van der Waals surface area (Å²) in [6.45, 7) is 12.8. The molecule has 0 spiro atoms. The molecule has 1 aromatic rings. The number of rotatable bonds is 17. The number of ether oxygens (including phenoxy) is 3. The Kier molecular flexibility index (Phi) is 11.4. The maximum atomic E-state index is 11.6. The normalized spacial score (nSPS) is 14.9. The lowest BCUT2D eigenvalue weighted by atomic mass is 10.1. The zero-order chi connectivity index (χ0) is 24.3. The number of hydrogen-bond donors (Lipinski definition) is 1. The first-order valence-corrected chi connectivity index (χ1v) is 13.2. The SMILES string of the molecule is C=C(C)C(=O)NCCOCCOCCOCCn1nnc(CN2CC(S(C)(=O)=O)C2)c1CC. The van der Waals surface area contributed by atoms with Crippen LogP contribution >= 0.6 is 0 Å². The number of carbonyl (C=O) groups excluding carboxylic acids is 1. The van der Waals surface area contributed by atoms with E-state index >= 15 is 0 Å². The smallest absolute Gasteiger partial charge is 0.246 e. The minimum Gasteiger partial charge on any atom is -0.377 e. The summed E-state index contributed by atoms with van der Waals surface area (Å²) in [4.78, 5) is 13.4. The van der Waals surface area contributed by atoms with Crippen molar-refractivity contribution in [2.75, 3.05) is 65.5 Å². The first-order chi connectivity index (χ1) is 15.7. The molecule has 0 aliphatic carbocycles. The molecule has 1 fully saturated rings. The Morgan fingerprint density at radius 3 is 2.30 bits per heavy atom. The number of hydrogen-bond acceptors (Lipinski definition) is 9. The van der Waals surface area contributed by atoms with Crippen molar-refractivity contribution >= 4 is 15.7 Å². The van der Waals surface area contributed by atoms with Crippen LogP contribution in [0.1, 0.15) is 25.2 Å². The number of aromatic nitrogens is 3. The van der Waals surface area contributed by atoms with Crippen LogP contribution in [0.3, 0.4) is 0 Å². The Morgan fingerprint density at radius 1 is 1.12 bits per heavy atom. The van der Waals surface area contributed by atoms with Crippen molar-refractivity contribution in [3.05, 3.63) is 23.5 Å². The van der Waals surface area contributed by atoms with Crippen molar-refractivity contribution in [1.29, 1.82) is 0 Å². The van der Waals surface area contributed by atoms with Crippen LogP contribution in [0.15, 0.2) is 12.2 Å². The third kappa shape index (κ3) is 9.49. The van der Waals surface area contributed by atoms with E-state index < -0.39 is 9.84 Å². The Morgan fingerprint density at radius 2 is 1.73 bits per heavy atom. The standard InChI is InChI=1S/C21H37N5O6S/c1-5-20-19(16-25-14-18(15-25)33(4,28)29)23-24-26(20)7-9-31-11-13-32-12-10-30-8-6-22-21(27)17(2)3/h18H,2,5-16H2,1,3-4H3,(H,22,27). The lowest BCUT2D eigenvalue weighted by Gasteiger charge is -2.37. The summed E-state index contributed by atoms with van der Waals surface area (Å²) < 4.78 is 41.4. The zero-order valence-corrected chi connectivity index (χ0v) is 20.7. The van der Waals surface area contributed by atoms with Gasteiger partial charge in [-0.15, -0.1) is 5.10 Å². The van der Waals surface area contributed by atoms with Crippen molar-refractivity contribution in [1.82, 2.24) is 25.2 Å². The quantitative estimate of drug-likeness (QED) is 0.235. The van der Waals surface area contributed by atoms with Crippen LogP contribution in [0.25, 0.3) is 0 Å². The molecule has 0 saturated carbocycles. The summed E-state index contributed by atoms with van der Waals surface area (Å²) in [5, 5.41) is 10.9. The van der Waals surface area contributed by atoms with Crippen molar-refractivity contribution in [2.24, 2.45) is 0 Å². The predicted molar refractivity (Wildman–Crippen MR) is 124 cm³/mol. The van der Waals surface area contributed by atoms with Crippen LogP contribution < -0.4 is 5.32 Å². The van der Waals surface area contributed by atoms with Gasteiger partial charge in [0, 0.05) is 38.0 Å². The highest BCUT2D eigenvalue weighted by Crippen LogP contribution is 2.19. The summed E-state index contributed by atoms with van der Waals surface area (Å²) in [6, 6.07) is 0. The van der Waals surface area contributed by atoms with Crippen molar-refractivity contribution in [2.45, 2.75) is 38.6 Å². The van der Waals surface area contributed by atoms with Gasteiger partial charge in [-0.1, -0.05) is 18.7 Å². The van der Waals surface area contributed by atoms with Crippen LogP contribution in [0.5, 0.6) is 0 Å². The van der Waals surface area contributed by atoms with Gasteiger partial charge < -0.3 is 19.5 Å². The molecule has 33 heavy (non-hydrogen) atoms. The molecule has 1 aliphatic rings. The predicted octanol–water partition coefficient (Wildman–Crippen LogP) is -0.189. The van der Waals surface area contributed by atoms with Gasteiger partial charge >= 0.3 is 0 Å². The van der Waals surface area contributed by atoms with Crippen molar-refractivity contribution in [3.63, 3.8) is 0 Å². The van der Waals surface area contributed by atoms with E-state index in [0.717, 1.165) is 17.8 Å². The van der Waals surface area contributed by atoms with Gasteiger partial charge in [0.05, 0.1) is 62.8 Å². The number of carbonyl (C=O) groups is 1. The zero-order valence-electron chi connectivity index (χ0n) is 19.9. The summed E-state index contributed by atoms with van der Waals surface area (Å²) >= 11 is 0. The van der Waals surface area contributed by atoms with Crippen LogP contribution in [-0.2, 0) is 48.4 Å². The van der Waals surface area contributed by atoms with E-state index in [1.54, 1.807) is 6.92 Å². The third-order valence-electron chi connectivity index (χ3n) is 5.27. The van der Waals surface area contributed by atoms with Gasteiger partial charge in [0.15, 0.2) is 9.84 Å². The fraction of sp³-hybridized carbons (Fsp3) is 0.762. The lowest BCUT2D eigenvalue weighted by Crippen LogP contribution is -2.53. The average Bonchev–Trinajstić information content (AvgIpc) is 3.11. The molecule has 188 valence electrons. The molecular weight excluding hydrogens is 450 g/mol. The molecule has 0 atom stereocenters. The molecule has 2 heterocycles. The molecule has 1 aliphatic heterocycles. The number of nitrogens with one attached hydrogen (secondary N) is 1. The molecule has 1 aromatic heterocycles. The number of nitrogens with zero attached hydrogens (tertiary/aromatic N) is 4. The molecule has 12 heteroatoms. The van der Waals surface area contributed by atoms with Gasteiger partial charge in [-0.3, -0.25) is 9.69 Å². The van der Waals surface area contributed by atoms with Gasteiger partial charge in [0.1, 0.15) is 0 Å². The molecule has 1 amide bonds. The summed E-state index contributed by atoms with van der Waals surface area (Å²) in [5.74, 6) is -0.168. The van der Waals surface area contributed by atoms with E-state index in [1.165, 1.54) is 6.26 Å². The molecule has 0 unspecified atom stereocenters. The second kappa shape index (κ2) is 13.8. The fourth-order valence-corrected chi connectivity index (χ4v) is 4.24. The first kappa shape index (κ1) is 27.4. The summed E-state index contributed by atoms with van der Waals surface area (Å²) in [6.07, 6.45) is 2.09. The molecule has 2 rings (SSSR count). The molecule has 0 radical (unpaired) electrons. The van der Waals surface area contributed by atoms with Crippen LogP contribution in [0.4, 0.5) is 0 Å². The fourth-order valence-electron chi connectivity index (χ4n) is 3.27. The highest BCUT2D eigenvalue weighted by molar-refractivity contribution is 7.91. The van der Waals surface area contributed by atoms with Gasteiger partial charge in [-0.25, -0.2) is 13.1 Å². The maximum Gasteiger partial charge on any atom is 0.246 e. The topological polar surface area (TPSA) is 125 Å². The number of amides is 1. The Hall–Kier alpha value is -1.86. The second-order valence-corrected chi connectivity index (χ2v) is 10.4. The van der Waals surface area contributed by atoms with E-state index in [9.17, 15) is 13.2 Å². The van der Waals surface area contributed by atoms with Crippen LogP contribution in [0, 0.1) is 0 Å². The van der Waals surface area contributed by atoms with Gasteiger partial charge in [-0.05, 0) is 13.3 Å². The Balaban J connectivity index is 1.51. The molecule has 1 saturated heterocycles. The van der Waals surface area contributed by atoms with E-state index in [1.807, 2.05) is 4.68 Å². The Labute approximate surface area is 196 Å². The first-order valence-electron chi connectivity index (χ1n) is 11.2. The van der Waals surface area contributed by atoms with Crippen molar-refractivity contribution < 1.29 is 27.4 Å². The summed E-state index contributed by atoms with van der Waals surface area (Å²) in [5.41, 5.74) is 2.42. The molecule has 11 nitrogen and oxygen atoms in total. The Bertz CT molecular complexity index is 866. The molecule has 1 N–H and O–H groups in total. The van der Waals surface area contributed by atoms with Gasteiger partial charge in [-0.2, -0.15) is 0 Å². The maximum absolute atomic E-state index is 11.6. The highest BCUT2D eigenvalue weighted by Gasteiger charge is 2.35. The van der Waals surface area contributed by atoms with E-state index in [-0.39, 0.29) is 11.2 Å². The van der Waals surface area contributed by atoms with Gasteiger partial charge in [0.2, 0.25) is 5.91 Å². The minimum absolute atomic E-state index is 0.168.